The van der Waals surface area contributed by atoms with Crippen LogP contribution in [0.4, 0.5) is 18.3 Å². The van der Waals surface area contributed by atoms with Gasteiger partial charge >= 0.3 is 0 Å². The van der Waals surface area contributed by atoms with Gasteiger partial charge in [-0.25, -0.2) is 18.2 Å². The number of nitrogens with two attached hydrogens (primary N) is 1. The fourth-order valence-corrected chi connectivity index (χ4v) is 3.98. The van der Waals surface area contributed by atoms with Gasteiger partial charge in [0.25, 0.3) is 12.3 Å². The highest BCUT2D eigenvalue weighted by Crippen LogP contribution is 2.31. The molecule has 0 unspecified atom stereocenters. The van der Waals surface area contributed by atoms with E-state index >= 15 is 0 Å². The van der Waals surface area contributed by atoms with E-state index in [1.165, 1.54) is 17.4 Å². The summed E-state index contributed by atoms with van der Waals surface area (Å²) in [7, 11) is 0. The van der Waals surface area contributed by atoms with Crippen LogP contribution in [0, 0.1) is 5.82 Å². The van der Waals surface area contributed by atoms with E-state index in [9.17, 15) is 18.0 Å². The Hall–Kier alpha value is -2.55. The molecule has 5 nitrogen and oxygen atoms in total. The monoisotopic (exact) mass is 366 g/mol. The maximum Gasteiger partial charge on any atom is 0.270 e. The zero-order valence-electron chi connectivity index (χ0n) is 12.9. The lowest BCUT2D eigenvalue weighted by Crippen LogP contribution is -2.35. The Morgan fingerprint density at radius 2 is 2.16 bits per heavy atom. The standard InChI is InChI=1S/C16H13F3N4OS/c17-7-3-9(14(18)19)8-5-12(21-11(8)4-7)15(24)23-2-1-10-13(6-23)25-16(20)22-10/h3-5,14,21H,1-2,6H2,(H2,20,22). The molecule has 0 fully saturated rings. The summed E-state index contributed by atoms with van der Waals surface area (Å²) in [6, 6.07) is 3.26. The van der Waals surface area contributed by atoms with E-state index < -0.39 is 17.8 Å². The molecule has 1 aliphatic heterocycles. The molecule has 0 bridgehead atoms. The number of alkyl halides is 2. The molecule has 3 N–H and O–H groups in total. The SMILES string of the molecule is Nc1nc2c(s1)CN(C(=O)c1cc3c(C(F)F)cc(F)cc3[nH]1)CC2. The summed E-state index contributed by atoms with van der Waals surface area (Å²) >= 11 is 1.33. The first-order valence-corrected chi connectivity index (χ1v) is 8.37. The van der Waals surface area contributed by atoms with Crippen molar-refractivity contribution < 1.29 is 18.0 Å². The smallest absolute Gasteiger partial charge is 0.270 e. The Bertz CT molecular complexity index is 981. The summed E-state index contributed by atoms with van der Waals surface area (Å²) in [4.78, 5) is 22.2. The van der Waals surface area contributed by atoms with Crippen LogP contribution in [0.5, 0.6) is 0 Å². The maximum atomic E-state index is 13.5. The number of carbonyl (C=O) groups excluding carboxylic acids is 1. The third-order valence-electron chi connectivity index (χ3n) is 4.24. The molecule has 0 spiro atoms. The molecule has 2 aromatic heterocycles. The van der Waals surface area contributed by atoms with Gasteiger partial charge in [0.1, 0.15) is 11.5 Å². The summed E-state index contributed by atoms with van der Waals surface area (Å²) in [5.74, 6) is -1.10. The minimum atomic E-state index is -2.82. The highest BCUT2D eigenvalue weighted by atomic mass is 32.1. The normalized spacial score (nSPS) is 14.3. The highest BCUT2D eigenvalue weighted by molar-refractivity contribution is 7.15. The number of thiazole rings is 1. The van der Waals surface area contributed by atoms with Gasteiger partial charge in [0.15, 0.2) is 5.13 Å². The molecule has 0 radical (unpaired) electrons. The fraction of sp³-hybridized carbons (Fsp3) is 0.250. The number of anilines is 1. The van der Waals surface area contributed by atoms with Gasteiger partial charge < -0.3 is 15.6 Å². The number of halogens is 3. The first-order valence-electron chi connectivity index (χ1n) is 7.56. The number of carbonyl (C=O) groups is 1. The van der Waals surface area contributed by atoms with Crippen LogP contribution < -0.4 is 5.73 Å². The molecule has 0 saturated heterocycles. The largest absolute Gasteiger partial charge is 0.375 e. The van der Waals surface area contributed by atoms with Gasteiger partial charge in [-0.05, 0) is 18.2 Å². The average Bonchev–Trinajstić information content (AvgIpc) is 3.14. The van der Waals surface area contributed by atoms with Gasteiger partial charge in [-0.15, -0.1) is 11.3 Å². The number of fused-ring (bicyclic) bond motifs is 2. The first-order chi connectivity index (χ1) is 11.9. The molecular formula is C16H13F3N4OS. The van der Waals surface area contributed by atoms with Crippen LogP contribution in [0.3, 0.4) is 0 Å². The predicted octanol–water partition coefficient (Wildman–Crippen LogP) is 3.48. The van der Waals surface area contributed by atoms with Gasteiger partial charge in [-0.1, -0.05) is 0 Å². The van der Waals surface area contributed by atoms with E-state index in [1.807, 2.05) is 0 Å². The first kappa shape index (κ1) is 15.9. The van der Waals surface area contributed by atoms with Crippen LogP contribution in [0.2, 0.25) is 0 Å². The lowest BCUT2D eigenvalue weighted by Gasteiger charge is -2.25. The quantitative estimate of drug-likeness (QED) is 0.729. The summed E-state index contributed by atoms with van der Waals surface area (Å²) in [6.07, 6.45) is -2.24. The number of nitrogens with one attached hydrogen (secondary N) is 1. The van der Waals surface area contributed by atoms with Crippen molar-refractivity contribution in [3.05, 3.63) is 45.8 Å². The molecule has 1 amide bonds. The van der Waals surface area contributed by atoms with Crippen molar-refractivity contribution in [3.8, 4) is 0 Å². The Morgan fingerprint density at radius 3 is 2.92 bits per heavy atom. The maximum absolute atomic E-state index is 13.5. The molecular weight excluding hydrogens is 353 g/mol. The molecule has 0 saturated carbocycles. The lowest BCUT2D eigenvalue weighted by atomic mass is 10.1. The van der Waals surface area contributed by atoms with Crippen LogP contribution in [0.1, 0.15) is 33.0 Å². The van der Waals surface area contributed by atoms with Crippen molar-refractivity contribution in [1.82, 2.24) is 14.9 Å². The topological polar surface area (TPSA) is 75.0 Å². The van der Waals surface area contributed by atoms with Gasteiger partial charge in [0.05, 0.1) is 12.2 Å². The molecule has 4 rings (SSSR count). The van der Waals surface area contributed by atoms with E-state index in [0.717, 1.165) is 22.7 Å². The van der Waals surface area contributed by atoms with Crippen molar-refractivity contribution >= 4 is 33.3 Å². The van der Waals surface area contributed by atoms with Gasteiger partial charge in [-0.2, -0.15) is 0 Å². The van der Waals surface area contributed by atoms with Gasteiger partial charge in [0, 0.05) is 34.3 Å². The third kappa shape index (κ3) is 2.74. The summed E-state index contributed by atoms with van der Waals surface area (Å²) in [6.45, 7) is 0.828. The number of H-pyrrole nitrogens is 1. The number of nitrogens with zero attached hydrogens (tertiary/aromatic N) is 2. The fourth-order valence-electron chi connectivity index (χ4n) is 3.08. The van der Waals surface area contributed by atoms with Gasteiger partial charge in [-0.3, -0.25) is 4.79 Å². The molecule has 130 valence electrons. The molecule has 3 heterocycles. The minimum absolute atomic E-state index is 0.152. The summed E-state index contributed by atoms with van der Waals surface area (Å²) in [5, 5.41) is 0.612. The summed E-state index contributed by atoms with van der Waals surface area (Å²) < 4.78 is 39.8. The van der Waals surface area contributed by atoms with Crippen LogP contribution in [-0.2, 0) is 13.0 Å². The van der Waals surface area contributed by atoms with Gasteiger partial charge in [0.2, 0.25) is 0 Å². The van der Waals surface area contributed by atoms with E-state index in [-0.39, 0.29) is 22.5 Å². The second-order valence-corrected chi connectivity index (χ2v) is 6.95. The van der Waals surface area contributed by atoms with E-state index in [2.05, 4.69) is 9.97 Å². The van der Waals surface area contributed by atoms with Crippen LogP contribution in [-0.4, -0.2) is 27.3 Å². The number of aromatic nitrogens is 2. The zero-order valence-corrected chi connectivity index (χ0v) is 13.7. The average molecular weight is 366 g/mol. The Kier molecular flexibility index (Phi) is 3.68. The second kappa shape index (κ2) is 5.76. The Balaban J connectivity index is 1.68. The van der Waals surface area contributed by atoms with Crippen molar-refractivity contribution in [2.24, 2.45) is 0 Å². The van der Waals surface area contributed by atoms with Crippen molar-refractivity contribution in [3.63, 3.8) is 0 Å². The molecule has 3 aromatic rings. The zero-order chi connectivity index (χ0) is 17.7. The molecule has 1 aliphatic rings. The Morgan fingerprint density at radius 1 is 1.36 bits per heavy atom. The number of rotatable bonds is 2. The summed E-state index contributed by atoms with van der Waals surface area (Å²) in [5.41, 5.74) is 6.49. The third-order valence-corrected chi connectivity index (χ3v) is 5.15. The van der Waals surface area contributed by atoms with E-state index in [1.54, 1.807) is 4.90 Å². The highest BCUT2D eigenvalue weighted by Gasteiger charge is 2.26. The number of aromatic amines is 1. The molecule has 0 aliphatic carbocycles. The molecule has 0 atom stereocenters. The van der Waals surface area contributed by atoms with E-state index in [0.29, 0.717) is 24.6 Å². The van der Waals surface area contributed by atoms with Crippen molar-refractivity contribution in [2.45, 2.75) is 19.4 Å². The number of nitrogen functional groups attached to an aromatic ring is 1. The number of benzene rings is 1. The molecule has 9 heteroatoms. The van der Waals surface area contributed by atoms with Crippen LogP contribution >= 0.6 is 11.3 Å². The van der Waals surface area contributed by atoms with Crippen LogP contribution in [0.15, 0.2) is 18.2 Å². The van der Waals surface area contributed by atoms with Crippen molar-refractivity contribution in [2.75, 3.05) is 12.3 Å². The molecule has 25 heavy (non-hydrogen) atoms. The minimum Gasteiger partial charge on any atom is -0.375 e. The number of hydrogen-bond acceptors (Lipinski definition) is 4. The predicted molar refractivity (Wildman–Crippen MR) is 88.2 cm³/mol. The van der Waals surface area contributed by atoms with Crippen LogP contribution in [0.25, 0.3) is 10.9 Å². The Labute approximate surface area is 144 Å². The van der Waals surface area contributed by atoms with Crippen molar-refractivity contribution in [1.29, 1.82) is 0 Å². The second-order valence-electron chi connectivity index (χ2n) is 5.84. The van der Waals surface area contributed by atoms with E-state index in [4.69, 9.17) is 5.73 Å². The number of hydrogen-bond donors (Lipinski definition) is 2. The molecule has 1 aromatic carbocycles. The number of amides is 1. The lowest BCUT2D eigenvalue weighted by molar-refractivity contribution is 0.0731.